The molecule has 8 nitrogen and oxygen atoms in total. The van der Waals surface area contributed by atoms with E-state index in [0.29, 0.717) is 12.2 Å². The molecule has 2 atom stereocenters. The minimum atomic E-state index is -4.55. The lowest BCUT2D eigenvalue weighted by Crippen LogP contribution is -2.38. The van der Waals surface area contributed by atoms with Crippen molar-refractivity contribution in [1.29, 1.82) is 0 Å². The maximum absolute atomic E-state index is 13.0. The Morgan fingerprint density at radius 1 is 1.27 bits per heavy atom. The van der Waals surface area contributed by atoms with Gasteiger partial charge in [0, 0.05) is 19.8 Å². The first kappa shape index (κ1) is 21.8. The van der Waals surface area contributed by atoms with Crippen LogP contribution in [0, 0.1) is 12.8 Å². The lowest BCUT2D eigenvalue weighted by Gasteiger charge is -2.31. The topological polar surface area (TPSA) is 96.8 Å². The molecule has 2 aromatic rings. The Morgan fingerprint density at radius 2 is 2.00 bits per heavy atom. The summed E-state index contributed by atoms with van der Waals surface area (Å²) >= 11 is 0. The van der Waals surface area contributed by atoms with E-state index in [1.165, 1.54) is 7.05 Å². The number of anilines is 3. The van der Waals surface area contributed by atoms with E-state index in [9.17, 15) is 18.0 Å². The molecule has 1 aliphatic rings. The zero-order chi connectivity index (χ0) is 21.9. The molecule has 1 aliphatic carbocycles. The molecule has 0 aliphatic heterocycles. The Labute approximate surface area is 172 Å². The van der Waals surface area contributed by atoms with Crippen molar-refractivity contribution < 1.29 is 18.0 Å². The predicted molar refractivity (Wildman–Crippen MR) is 107 cm³/mol. The molecule has 0 bridgehead atoms. The minimum Gasteiger partial charge on any atom is -0.372 e. The smallest absolute Gasteiger partial charge is 0.372 e. The van der Waals surface area contributed by atoms with Crippen molar-refractivity contribution in [3.63, 3.8) is 0 Å². The highest BCUT2D eigenvalue weighted by Crippen LogP contribution is 2.37. The van der Waals surface area contributed by atoms with Gasteiger partial charge in [0.1, 0.15) is 11.4 Å². The van der Waals surface area contributed by atoms with E-state index < -0.39 is 11.7 Å². The number of aromatic nitrogens is 4. The number of halogens is 3. The van der Waals surface area contributed by atoms with Gasteiger partial charge in [-0.05, 0) is 26.7 Å². The fraction of sp³-hybridized carbons (Fsp3) is 0.579. The number of carbonyl (C=O) groups excluding carboxylic acids is 1. The highest BCUT2D eigenvalue weighted by Gasteiger charge is 2.35. The Morgan fingerprint density at radius 3 is 2.67 bits per heavy atom. The van der Waals surface area contributed by atoms with Crippen LogP contribution in [0.4, 0.5) is 30.6 Å². The molecule has 1 saturated carbocycles. The second-order valence-electron chi connectivity index (χ2n) is 7.27. The zero-order valence-corrected chi connectivity index (χ0v) is 17.2. The maximum atomic E-state index is 13.0. The van der Waals surface area contributed by atoms with Crippen LogP contribution in [0.5, 0.6) is 0 Å². The van der Waals surface area contributed by atoms with E-state index in [2.05, 4.69) is 31.0 Å². The molecule has 2 heterocycles. The largest absolute Gasteiger partial charge is 0.421 e. The molecule has 3 rings (SSSR count). The lowest BCUT2D eigenvalue weighted by atomic mass is 9.83. The standard InChI is InChI=1S/C19H26F3N7O/c1-4-24-17(30)12-7-5-6-8-15(12)29-11(2)14(10-26-29)27-18-25-9-13(19(20,21)22)16(23-3)28-18/h9-10,12,15H,4-8H2,1-3H3,(H,24,30)(H2,23,25,27,28). The first-order valence-corrected chi connectivity index (χ1v) is 9.97. The molecule has 1 fully saturated rings. The van der Waals surface area contributed by atoms with Crippen molar-refractivity contribution in [3.05, 3.63) is 23.7 Å². The second-order valence-corrected chi connectivity index (χ2v) is 7.27. The summed E-state index contributed by atoms with van der Waals surface area (Å²) in [4.78, 5) is 20.2. The van der Waals surface area contributed by atoms with Crippen LogP contribution in [-0.2, 0) is 11.0 Å². The number of hydrogen-bond acceptors (Lipinski definition) is 6. The van der Waals surface area contributed by atoms with E-state index in [1.807, 2.05) is 18.5 Å². The van der Waals surface area contributed by atoms with Crippen LogP contribution < -0.4 is 16.0 Å². The third-order valence-electron chi connectivity index (χ3n) is 5.35. The van der Waals surface area contributed by atoms with Crippen molar-refractivity contribution in [1.82, 2.24) is 25.1 Å². The Balaban J connectivity index is 1.84. The normalized spacial score (nSPS) is 19.4. The van der Waals surface area contributed by atoms with Crippen LogP contribution in [0.2, 0.25) is 0 Å². The quantitative estimate of drug-likeness (QED) is 0.654. The first-order valence-electron chi connectivity index (χ1n) is 9.97. The zero-order valence-electron chi connectivity index (χ0n) is 17.2. The summed E-state index contributed by atoms with van der Waals surface area (Å²) < 4.78 is 40.9. The summed E-state index contributed by atoms with van der Waals surface area (Å²) in [5, 5.41) is 12.7. The lowest BCUT2D eigenvalue weighted by molar-refractivity contribution is -0.137. The van der Waals surface area contributed by atoms with Crippen molar-refractivity contribution in [3.8, 4) is 0 Å². The number of carbonyl (C=O) groups is 1. The summed E-state index contributed by atoms with van der Waals surface area (Å²) in [6, 6.07) is -0.0674. The van der Waals surface area contributed by atoms with Gasteiger partial charge >= 0.3 is 6.18 Å². The molecule has 3 N–H and O–H groups in total. The number of nitrogens with one attached hydrogen (secondary N) is 3. The molecule has 0 saturated heterocycles. The monoisotopic (exact) mass is 425 g/mol. The molecular formula is C19H26F3N7O. The van der Waals surface area contributed by atoms with Gasteiger partial charge in [-0.2, -0.15) is 23.3 Å². The van der Waals surface area contributed by atoms with Crippen molar-refractivity contribution in [2.45, 2.75) is 51.7 Å². The predicted octanol–water partition coefficient (Wildman–Crippen LogP) is 3.65. The van der Waals surface area contributed by atoms with Gasteiger partial charge in [-0.25, -0.2) is 4.98 Å². The van der Waals surface area contributed by atoms with Crippen LogP contribution in [0.3, 0.4) is 0 Å². The molecule has 1 amide bonds. The van der Waals surface area contributed by atoms with E-state index in [1.54, 1.807) is 6.20 Å². The number of hydrogen-bond donors (Lipinski definition) is 3. The summed E-state index contributed by atoms with van der Waals surface area (Å²) in [5.41, 5.74) is 0.415. The average Bonchev–Trinajstić information content (AvgIpc) is 3.07. The third-order valence-corrected chi connectivity index (χ3v) is 5.35. The number of nitrogens with zero attached hydrogens (tertiary/aromatic N) is 4. The molecular weight excluding hydrogens is 399 g/mol. The molecule has 30 heavy (non-hydrogen) atoms. The SMILES string of the molecule is CCNC(=O)C1CCCCC1n1ncc(Nc2ncc(C(F)(F)F)c(NC)n2)c1C. The Kier molecular flexibility index (Phi) is 6.47. The fourth-order valence-electron chi connectivity index (χ4n) is 3.86. The maximum Gasteiger partial charge on any atom is 0.421 e. The van der Waals surface area contributed by atoms with Gasteiger partial charge in [0.05, 0.1) is 29.5 Å². The first-order chi connectivity index (χ1) is 14.3. The summed E-state index contributed by atoms with van der Waals surface area (Å²) in [6.07, 6.45) is 1.42. The van der Waals surface area contributed by atoms with E-state index in [0.717, 1.165) is 37.6 Å². The van der Waals surface area contributed by atoms with E-state index >= 15 is 0 Å². The van der Waals surface area contributed by atoms with Gasteiger partial charge in [-0.15, -0.1) is 0 Å². The van der Waals surface area contributed by atoms with Crippen LogP contribution >= 0.6 is 0 Å². The number of amides is 1. The molecule has 2 unspecified atom stereocenters. The molecule has 0 spiro atoms. The molecule has 0 radical (unpaired) electrons. The highest BCUT2D eigenvalue weighted by atomic mass is 19.4. The average molecular weight is 425 g/mol. The molecule has 164 valence electrons. The summed E-state index contributed by atoms with van der Waals surface area (Å²) in [7, 11) is 1.37. The van der Waals surface area contributed by atoms with Gasteiger partial charge in [-0.3, -0.25) is 9.48 Å². The fourth-order valence-corrected chi connectivity index (χ4v) is 3.86. The van der Waals surface area contributed by atoms with E-state index in [4.69, 9.17) is 0 Å². The molecule has 2 aromatic heterocycles. The second kappa shape index (κ2) is 8.88. The van der Waals surface area contributed by atoms with Gasteiger partial charge in [0.15, 0.2) is 0 Å². The van der Waals surface area contributed by atoms with Gasteiger partial charge < -0.3 is 16.0 Å². The van der Waals surface area contributed by atoms with Crippen LogP contribution in [-0.4, -0.2) is 39.2 Å². The van der Waals surface area contributed by atoms with Gasteiger partial charge in [0.25, 0.3) is 0 Å². The van der Waals surface area contributed by atoms with Gasteiger partial charge in [-0.1, -0.05) is 12.8 Å². The van der Waals surface area contributed by atoms with Gasteiger partial charge in [0.2, 0.25) is 11.9 Å². The Hall–Kier alpha value is -2.85. The summed E-state index contributed by atoms with van der Waals surface area (Å²) in [5.74, 6) is -0.424. The highest BCUT2D eigenvalue weighted by molar-refractivity contribution is 5.79. The molecule has 11 heteroatoms. The van der Waals surface area contributed by atoms with Crippen LogP contribution in [0.1, 0.15) is 49.9 Å². The minimum absolute atomic E-state index is 0.0244. The Bertz CT molecular complexity index is 897. The van der Waals surface area contributed by atoms with Crippen molar-refractivity contribution >= 4 is 23.4 Å². The molecule has 0 aromatic carbocycles. The summed E-state index contributed by atoms with van der Waals surface area (Å²) in [6.45, 7) is 4.31. The van der Waals surface area contributed by atoms with Crippen molar-refractivity contribution in [2.24, 2.45) is 5.92 Å². The number of rotatable bonds is 6. The van der Waals surface area contributed by atoms with E-state index in [-0.39, 0.29) is 29.6 Å². The third kappa shape index (κ3) is 4.49. The van der Waals surface area contributed by atoms with Crippen molar-refractivity contribution in [2.75, 3.05) is 24.2 Å². The van der Waals surface area contributed by atoms with Crippen LogP contribution in [0.25, 0.3) is 0 Å². The number of alkyl halides is 3. The van der Waals surface area contributed by atoms with Crippen LogP contribution in [0.15, 0.2) is 12.4 Å².